The number of carbonyl (C=O) groups excluding carboxylic acids is 1. The first-order valence-corrected chi connectivity index (χ1v) is 7.66. The van der Waals surface area contributed by atoms with Crippen LogP contribution in [0.25, 0.3) is 0 Å². The first kappa shape index (κ1) is 26.7. The second kappa shape index (κ2) is 8.19. The first-order chi connectivity index (χ1) is 12.1. The number of esters is 1. The molecule has 0 saturated carbocycles. The molecule has 0 N–H and O–H groups in total. The number of ether oxygens (including phenoxy) is 2. The van der Waals surface area contributed by atoms with Crippen LogP contribution in [-0.4, -0.2) is 41.8 Å². The van der Waals surface area contributed by atoms with Crippen molar-refractivity contribution in [1.29, 1.82) is 0 Å². The largest absolute Gasteiger partial charge is 0.462 e. The van der Waals surface area contributed by atoms with Crippen molar-refractivity contribution in [2.45, 2.75) is 82.3 Å². The molecule has 1 unspecified atom stereocenters. The van der Waals surface area contributed by atoms with Gasteiger partial charge in [0, 0.05) is 0 Å². The predicted molar refractivity (Wildman–Crippen MR) is 71.2 cm³/mol. The minimum absolute atomic E-state index is 0.185. The fraction of sp³-hybridized carbons (Fsp3) is 0.929. The fourth-order valence-electron chi connectivity index (χ4n) is 1.79. The van der Waals surface area contributed by atoms with Gasteiger partial charge in [-0.1, -0.05) is 19.8 Å². The molecule has 0 spiro atoms. The van der Waals surface area contributed by atoms with E-state index in [1.807, 2.05) is 0 Å². The molecule has 0 heterocycles. The molecule has 0 saturated heterocycles. The minimum Gasteiger partial charge on any atom is -0.455 e. The van der Waals surface area contributed by atoms with E-state index in [4.69, 9.17) is 0 Å². The zero-order chi connectivity index (χ0) is 22.8. The molecule has 168 valence electrons. The van der Waals surface area contributed by atoms with Crippen LogP contribution in [0.5, 0.6) is 0 Å². The molecule has 28 heavy (non-hydrogen) atoms. The molecule has 0 rings (SSSR count). The third-order valence-electron chi connectivity index (χ3n) is 3.37. The van der Waals surface area contributed by atoms with E-state index in [0.29, 0.717) is 12.8 Å². The normalized spacial score (nSPS) is 16.6. The Labute approximate surface area is 152 Å². The van der Waals surface area contributed by atoms with Crippen LogP contribution in [0, 0.1) is 0 Å². The summed E-state index contributed by atoms with van der Waals surface area (Å²) in [6.07, 6.45) is -19.8. The molecule has 1 atom stereocenters. The lowest BCUT2D eigenvalue weighted by atomic mass is 10.0. The van der Waals surface area contributed by atoms with Gasteiger partial charge >= 0.3 is 36.2 Å². The van der Waals surface area contributed by atoms with Crippen LogP contribution < -0.4 is 0 Å². The summed E-state index contributed by atoms with van der Waals surface area (Å²) in [5.41, 5.74) is -1.89. The van der Waals surface area contributed by atoms with Crippen molar-refractivity contribution < 1.29 is 62.6 Å². The summed E-state index contributed by atoms with van der Waals surface area (Å²) in [6.45, 7) is 3.64. The zero-order valence-corrected chi connectivity index (χ0v) is 14.7. The molecule has 0 aliphatic rings. The minimum atomic E-state index is -7.24. The van der Waals surface area contributed by atoms with E-state index in [-0.39, 0.29) is 12.8 Å². The molecule has 0 fully saturated rings. The number of unbranched alkanes of at least 4 members (excludes halogenated alkanes) is 2. The third kappa shape index (κ3) is 5.83. The first-order valence-electron chi connectivity index (χ1n) is 7.66. The molecule has 0 amide bonds. The van der Waals surface area contributed by atoms with Crippen molar-refractivity contribution in [3.8, 4) is 0 Å². The van der Waals surface area contributed by atoms with E-state index in [9.17, 15) is 53.1 Å². The van der Waals surface area contributed by atoms with Crippen LogP contribution in [0.1, 0.15) is 46.5 Å². The number of hydrogen-bond acceptors (Lipinski definition) is 3. The van der Waals surface area contributed by atoms with Crippen molar-refractivity contribution in [3.05, 3.63) is 0 Å². The van der Waals surface area contributed by atoms with Crippen molar-refractivity contribution >= 4 is 5.97 Å². The van der Waals surface area contributed by atoms with E-state index in [1.165, 1.54) is 0 Å². The Balaban J connectivity index is 5.81. The maximum Gasteiger partial charge on any atom is 0.462 e. The van der Waals surface area contributed by atoms with E-state index < -0.39 is 41.8 Å². The summed E-state index contributed by atoms with van der Waals surface area (Å²) in [5.74, 6) is -16.8. The summed E-state index contributed by atoms with van der Waals surface area (Å²) in [7, 11) is 0. The molecule has 3 nitrogen and oxygen atoms in total. The predicted octanol–water partition coefficient (Wildman–Crippen LogP) is 5.92. The lowest BCUT2D eigenvalue weighted by Crippen LogP contribution is -2.62. The summed E-state index contributed by atoms with van der Waals surface area (Å²) in [6, 6.07) is 0. The van der Waals surface area contributed by atoms with Gasteiger partial charge in [0.25, 0.3) is 0 Å². The van der Waals surface area contributed by atoms with Gasteiger partial charge in [0.15, 0.2) is 0 Å². The topological polar surface area (TPSA) is 35.5 Å². The standard InChI is InChI=1S/C14H17F11O3/c1-4-5-6-7-9(2,3)27-8(26)10(15,12(18,19)20)28-14(24,25)11(16,17)13(21,22)23/h4-7H2,1-3H3. The van der Waals surface area contributed by atoms with E-state index in [0.717, 1.165) is 13.8 Å². The average molecular weight is 442 g/mol. The van der Waals surface area contributed by atoms with E-state index >= 15 is 0 Å². The van der Waals surface area contributed by atoms with E-state index in [2.05, 4.69) is 9.47 Å². The molecule has 0 radical (unpaired) electrons. The maximum absolute atomic E-state index is 14.0. The highest BCUT2D eigenvalue weighted by Gasteiger charge is 2.80. The summed E-state index contributed by atoms with van der Waals surface area (Å²) in [4.78, 5) is 11.5. The second-order valence-corrected chi connectivity index (χ2v) is 6.39. The number of carbonyl (C=O) groups is 1. The maximum atomic E-state index is 14.0. The van der Waals surface area contributed by atoms with Crippen LogP contribution >= 0.6 is 0 Å². The Bertz CT molecular complexity index is 540. The molecular weight excluding hydrogens is 425 g/mol. The van der Waals surface area contributed by atoms with Crippen LogP contribution in [0.3, 0.4) is 0 Å². The van der Waals surface area contributed by atoms with Crippen LogP contribution in [0.2, 0.25) is 0 Å². The lowest BCUT2D eigenvalue weighted by molar-refractivity contribution is -0.475. The monoisotopic (exact) mass is 442 g/mol. The molecule has 0 aromatic heterocycles. The Morgan fingerprint density at radius 1 is 0.786 bits per heavy atom. The smallest absolute Gasteiger partial charge is 0.455 e. The quantitative estimate of drug-likeness (QED) is 0.253. The molecule has 0 bridgehead atoms. The SMILES string of the molecule is CCCCCC(C)(C)OC(=O)C(F)(OC(F)(F)C(F)(F)C(F)(F)F)C(F)(F)F. The van der Waals surface area contributed by atoms with Crippen molar-refractivity contribution in [2.75, 3.05) is 0 Å². The Hall–Kier alpha value is -1.34. The van der Waals surface area contributed by atoms with Gasteiger partial charge in [-0.15, -0.1) is 0 Å². The Kier molecular flexibility index (Phi) is 7.79. The number of alkyl halides is 11. The van der Waals surface area contributed by atoms with Gasteiger partial charge in [-0.25, -0.2) is 4.79 Å². The third-order valence-corrected chi connectivity index (χ3v) is 3.37. The summed E-state index contributed by atoms with van der Waals surface area (Å²) >= 11 is 0. The molecule has 0 aromatic carbocycles. The van der Waals surface area contributed by atoms with E-state index in [1.54, 1.807) is 6.92 Å². The van der Waals surface area contributed by atoms with Crippen LogP contribution in [-0.2, 0) is 14.3 Å². The number of halogens is 11. The average Bonchev–Trinajstić information content (AvgIpc) is 2.43. The van der Waals surface area contributed by atoms with Gasteiger partial charge in [-0.2, -0.15) is 48.3 Å². The summed E-state index contributed by atoms with van der Waals surface area (Å²) < 4.78 is 146. The second-order valence-electron chi connectivity index (χ2n) is 6.39. The molecule has 0 aliphatic carbocycles. The highest BCUT2D eigenvalue weighted by atomic mass is 19.4. The van der Waals surface area contributed by atoms with Crippen molar-refractivity contribution in [3.63, 3.8) is 0 Å². The fourth-order valence-corrected chi connectivity index (χ4v) is 1.79. The zero-order valence-electron chi connectivity index (χ0n) is 14.7. The van der Waals surface area contributed by atoms with Gasteiger partial charge in [0.05, 0.1) is 0 Å². The summed E-state index contributed by atoms with van der Waals surface area (Å²) in [5, 5.41) is 0. The Morgan fingerprint density at radius 2 is 1.25 bits per heavy atom. The molecule has 0 aliphatic heterocycles. The highest BCUT2D eigenvalue weighted by molar-refractivity contribution is 5.79. The van der Waals surface area contributed by atoms with Gasteiger partial charge in [0.2, 0.25) is 0 Å². The highest BCUT2D eigenvalue weighted by Crippen LogP contribution is 2.51. The lowest BCUT2D eigenvalue weighted by Gasteiger charge is -2.35. The number of rotatable bonds is 9. The van der Waals surface area contributed by atoms with Crippen molar-refractivity contribution in [1.82, 2.24) is 0 Å². The molecule has 0 aromatic rings. The van der Waals surface area contributed by atoms with Gasteiger partial charge in [-0.05, 0) is 26.7 Å². The van der Waals surface area contributed by atoms with Crippen molar-refractivity contribution in [2.24, 2.45) is 0 Å². The Morgan fingerprint density at radius 3 is 1.61 bits per heavy atom. The van der Waals surface area contributed by atoms with Crippen LogP contribution in [0.15, 0.2) is 0 Å². The van der Waals surface area contributed by atoms with Gasteiger partial charge in [-0.3, -0.25) is 4.74 Å². The number of hydrogen-bond donors (Lipinski definition) is 0. The molecule has 14 heteroatoms. The van der Waals surface area contributed by atoms with Gasteiger partial charge in [0.1, 0.15) is 5.60 Å². The van der Waals surface area contributed by atoms with Crippen LogP contribution in [0.4, 0.5) is 48.3 Å². The van der Waals surface area contributed by atoms with Gasteiger partial charge < -0.3 is 4.74 Å². The molecular formula is C14H17F11O3.